The van der Waals surface area contributed by atoms with Gasteiger partial charge in [0.1, 0.15) is 0 Å². The average molecular weight is 264 g/mol. The van der Waals surface area contributed by atoms with Crippen molar-refractivity contribution >= 4 is 11.3 Å². The third kappa shape index (κ3) is 3.94. The Hall–Kier alpha value is -0.640. The zero-order valence-corrected chi connectivity index (χ0v) is 12.4. The monoisotopic (exact) mass is 264 g/mol. The Morgan fingerprint density at radius 1 is 1.39 bits per heavy atom. The van der Waals surface area contributed by atoms with Crippen molar-refractivity contribution in [2.75, 3.05) is 19.6 Å². The second-order valence-electron chi connectivity index (χ2n) is 4.97. The van der Waals surface area contributed by atoms with E-state index in [9.17, 15) is 0 Å². The summed E-state index contributed by atoms with van der Waals surface area (Å²) < 4.78 is 0. The summed E-state index contributed by atoms with van der Waals surface area (Å²) in [5.41, 5.74) is 1.52. The molecular weight excluding hydrogens is 240 g/mol. The molecule has 18 heavy (non-hydrogen) atoms. The first-order chi connectivity index (χ1) is 8.79. The van der Waals surface area contributed by atoms with Crippen LogP contribution in [0.3, 0.4) is 0 Å². The van der Waals surface area contributed by atoms with E-state index in [1.165, 1.54) is 34.7 Å². The van der Waals surface area contributed by atoms with E-state index < -0.39 is 0 Å². The van der Waals surface area contributed by atoms with Crippen LogP contribution in [0.25, 0.3) is 0 Å². The molecule has 2 nitrogen and oxygen atoms in total. The zero-order chi connectivity index (χ0) is 12.8. The van der Waals surface area contributed by atoms with Gasteiger partial charge in [-0.2, -0.15) is 0 Å². The minimum absolute atomic E-state index is 1.03. The summed E-state index contributed by atoms with van der Waals surface area (Å²) in [6.45, 7) is 10.0. The lowest BCUT2D eigenvalue weighted by Gasteiger charge is -2.22. The fraction of sp³-hybridized carbons (Fsp3) is 0.600. The van der Waals surface area contributed by atoms with Crippen molar-refractivity contribution in [3.8, 4) is 0 Å². The standard InChI is InChI=1S/C15H24N2S/c1-3-7-16-11-15-10-14(13(2)18-15)12-17-8-5-4-6-9-17/h4-5,10,16H,3,6-9,11-12H2,1-2H3. The van der Waals surface area contributed by atoms with Gasteiger partial charge in [-0.25, -0.2) is 0 Å². The van der Waals surface area contributed by atoms with E-state index in [0.717, 1.165) is 26.2 Å². The highest BCUT2D eigenvalue weighted by molar-refractivity contribution is 7.12. The molecule has 1 aliphatic rings. The summed E-state index contributed by atoms with van der Waals surface area (Å²) in [5, 5.41) is 3.48. The van der Waals surface area contributed by atoms with Crippen LogP contribution < -0.4 is 5.32 Å². The normalized spacial score (nSPS) is 16.3. The molecule has 0 aromatic carbocycles. The van der Waals surface area contributed by atoms with Crippen LogP contribution in [-0.4, -0.2) is 24.5 Å². The van der Waals surface area contributed by atoms with Gasteiger partial charge in [-0.15, -0.1) is 11.3 Å². The summed E-state index contributed by atoms with van der Waals surface area (Å²) in [6.07, 6.45) is 6.98. The molecule has 0 unspecified atom stereocenters. The number of nitrogens with one attached hydrogen (secondary N) is 1. The molecule has 0 amide bonds. The van der Waals surface area contributed by atoms with Crippen LogP contribution >= 0.6 is 11.3 Å². The number of nitrogens with zero attached hydrogens (tertiary/aromatic N) is 1. The molecule has 3 heteroatoms. The predicted octanol–water partition coefficient (Wildman–Crippen LogP) is 3.32. The molecule has 1 aromatic heterocycles. The highest BCUT2D eigenvalue weighted by Crippen LogP contribution is 2.23. The second-order valence-corrected chi connectivity index (χ2v) is 6.31. The SMILES string of the molecule is CCCNCc1cc(CN2CC=CCC2)c(C)s1. The van der Waals surface area contributed by atoms with E-state index in [4.69, 9.17) is 0 Å². The molecule has 0 aliphatic carbocycles. The molecule has 0 spiro atoms. The van der Waals surface area contributed by atoms with Gasteiger partial charge < -0.3 is 5.32 Å². The number of hydrogen-bond acceptors (Lipinski definition) is 3. The first kappa shape index (κ1) is 13.8. The lowest BCUT2D eigenvalue weighted by molar-refractivity contribution is 0.290. The van der Waals surface area contributed by atoms with Crippen molar-refractivity contribution in [1.29, 1.82) is 0 Å². The predicted molar refractivity (Wildman–Crippen MR) is 80.1 cm³/mol. The highest BCUT2D eigenvalue weighted by atomic mass is 32.1. The van der Waals surface area contributed by atoms with E-state index in [-0.39, 0.29) is 0 Å². The molecule has 1 aromatic rings. The maximum Gasteiger partial charge on any atom is 0.0299 e. The van der Waals surface area contributed by atoms with E-state index in [1.54, 1.807) is 0 Å². The van der Waals surface area contributed by atoms with Crippen LogP contribution in [0.4, 0.5) is 0 Å². The third-order valence-corrected chi connectivity index (χ3v) is 4.43. The molecule has 0 atom stereocenters. The van der Waals surface area contributed by atoms with Crippen molar-refractivity contribution in [3.63, 3.8) is 0 Å². The van der Waals surface area contributed by atoms with Crippen molar-refractivity contribution < 1.29 is 0 Å². The van der Waals surface area contributed by atoms with Crippen LogP contribution in [0.1, 0.15) is 35.1 Å². The lowest BCUT2D eigenvalue weighted by atomic mass is 10.2. The minimum Gasteiger partial charge on any atom is -0.312 e. The molecule has 1 N–H and O–H groups in total. The van der Waals surface area contributed by atoms with E-state index >= 15 is 0 Å². The van der Waals surface area contributed by atoms with Gasteiger partial charge in [-0.05, 0) is 37.9 Å². The number of hydrogen-bond donors (Lipinski definition) is 1. The first-order valence-corrected chi connectivity index (χ1v) is 7.77. The Morgan fingerprint density at radius 3 is 3.00 bits per heavy atom. The van der Waals surface area contributed by atoms with Crippen molar-refractivity contribution in [2.24, 2.45) is 0 Å². The second kappa shape index (κ2) is 7.07. The zero-order valence-electron chi connectivity index (χ0n) is 11.5. The van der Waals surface area contributed by atoms with Gasteiger partial charge in [0, 0.05) is 35.9 Å². The summed E-state index contributed by atoms with van der Waals surface area (Å²) >= 11 is 1.95. The summed E-state index contributed by atoms with van der Waals surface area (Å²) in [5.74, 6) is 0. The molecule has 0 bridgehead atoms. The van der Waals surface area contributed by atoms with Gasteiger partial charge in [0.2, 0.25) is 0 Å². The summed E-state index contributed by atoms with van der Waals surface area (Å²) in [6, 6.07) is 2.39. The average Bonchev–Trinajstić information content (AvgIpc) is 2.72. The molecule has 0 saturated heterocycles. The maximum absolute atomic E-state index is 3.48. The van der Waals surface area contributed by atoms with Crippen LogP contribution in [0.5, 0.6) is 0 Å². The van der Waals surface area contributed by atoms with Crippen LogP contribution in [0, 0.1) is 6.92 Å². The smallest absolute Gasteiger partial charge is 0.0299 e. The van der Waals surface area contributed by atoms with Gasteiger partial charge >= 0.3 is 0 Å². The van der Waals surface area contributed by atoms with Gasteiger partial charge in [-0.1, -0.05) is 19.1 Å². The molecule has 0 fully saturated rings. The van der Waals surface area contributed by atoms with Crippen molar-refractivity contribution in [1.82, 2.24) is 10.2 Å². The van der Waals surface area contributed by atoms with Gasteiger partial charge in [0.15, 0.2) is 0 Å². The van der Waals surface area contributed by atoms with Gasteiger partial charge in [-0.3, -0.25) is 4.90 Å². The Morgan fingerprint density at radius 2 is 2.28 bits per heavy atom. The highest BCUT2D eigenvalue weighted by Gasteiger charge is 2.11. The largest absolute Gasteiger partial charge is 0.312 e. The van der Waals surface area contributed by atoms with Crippen LogP contribution in [0.15, 0.2) is 18.2 Å². The quantitative estimate of drug-likeness (QED) is 0.626. The number of aryl methyl sites for hydroxylation is 1. The molecule has 2 rings (SSSR count). The van der Waals surface area contributed by atoms with Crippen molar-refractivity contribution in [2.45, 2.75) is 39.8 Å². The third-order valence-electron chi connectivity index (χ3n) is 3.33. The first-order valence-electron chi connectivity index (χ1n) is 6.96. The Kier molecular flexibility index (Phi) is 5.42. The lowest BCUT2D eigenvalue weighted by Crippen LogP contribution is -2.26. The van der Waals surface area contributed by atoms with Gasteiger partial charge in [0.05, 0.1) is 0 Å². The summed E-state index contributed by atoms with van der Waals surface area (Å²) in [7, 11) is 0. The molecule has 0 saturated carbocycles. The molecule has 1 aliphatic heterocycles. The molecule has 2 heterocycles. The van der Waals surface area contributed by atoms with E-state index in [0.29, 0.717) is 0 Å². The van der Waals surface area contributed by atoms with Crippen LogP contribution in [-0.2, 0) is 13.1 Å². The number of rotatable bonds is 6. The van der Waals surface area contributed by atoms with Crippen molar-refractivity contribution in [3.05, 3.63) is 33.5 Å². The summed E-state index contributed by atoms with van der Waals surface area (Å²) in [4.78, 5) is 5.49. The fourth-order valence-corrected chi connectivity index (χ4v) is 3.32. The minimum atomic E-state index is 1.03. The maximum atomic E-state index is 3.48. The molecule has 0 radical (unpaired) electrons. The Balaban J connectivity index is 1.89. The Labute approximate surface area is 115 Å². The fourth-order valence-electron chi connectivity index (χ4n) is 2.29. The van der Waals surface area contributed by atoms with Crippen LogP contribution in [0.2, 0.25) is 0 Å². The van der Waals surface area contributed by atoms with E-state index in [2.05, 4.69) is 42.3 Å². The molecular formula is C15H24N2S. The van der Waals surface area contributed by atoms with E-state index in [1.807, 2.05) is 11.3 Å². The Bertz CT molecular complexity index is 395. The molecule has 100 valence electrons. The van der Waals surface area contributed by atoms with Gasteiger partial charge in [0.25, 0.3) is 0 Å². The topological polar surface area (TPSA) is 15.3 Å². The number of thiophene rings is 1.